The highest BCUT2D eigenvalue weighted by molar-refractivity contribution is 9.10. The molecule has 0 radical (unpaired) electrons. The quantitative estimate of drug-likeness (QED) is 0.735. The zero-order valence-electron chi connectivity index (χ0n) is 10.8. The summed E-state index contributed by atoms with van der Waals surface area (Å²) in [5.41, 5.74) is 6.85. The molecule has 0 spiro atoms. The fourth-order valence-electron chi connectivity index (χ4n) is 1.74. The van der Waals surface area contributed by atoms with Crippen LogP contribution in [0.3, 0.4) is 0 Å². The number of hydrogen-bond acceptors (Lipinski definition) is 3. The molecule has 0 atom stereocenters. The molecule has 2 rings (SSSR count). The highest BCUT2D eigenvalue weighted by Gasteiger charge is 2.20. The molecule has 0 heterocycles. The maximum atomic E-state index is 12.5. The summed E-state index contributed by atoms with van der Waals surface area (Å²) in [5.74, 6) is 0. The second-order valence-corrected chi connectivity index (χ2v) is 7.68. The average Bonchev–Trinajstić information content (AvgIpc) is 2.39. The van der Waals surface area contributed by atoms with E-state index < -0.39 is 10.0 Å². The lowest BCUT2D eigenvalue weighted by molar-refractivity contribution is 0.600. The minimum Gasteiger partial charge on any atom is -0.398 e. The molecular weight excluding hydrogens is 399 g/mol. The summed E-state index contributed by atoms with van der Waals surface area (Å²) in [6, 6.07) is 7.83. The Morgan fingerprint density at radius 2 is 1.90 bits per heavy atom. The molecule has 0 aromatic heterocycles. The SMILES string of the molecule is Cc1c(N)cc(Br)cc1S(=O)(=O)Nc1cccc(Cl)c1Cl. The number of benzene rings is 2. The summed E-state index contributed by atoms with van der Waals surface area (Å²) in [4.78, 5) is 0.0745. The van der Waals surface area contributed by atoms with Crippen molar-refractivity contribution >= 4 is 60.5 Å². The molecule has 0 aliphatic heterocycles. The van der Waals surface area contributed by atoms with Crippen LogP contribution in [-0.2, 0) is 10.0 Å². The fourth-order valence-corrected chi connectivity index (χ4v) is 4.14. The molecule has 0 saturated carbocycles. The molecule has 8 heteroatoms. The smallest absolute Gasteiger partial charge is 0.262 e. The van der Waals surface area contributed by atoms with Gasteiger partial charge in [-0.3, -0.25) is 4.72 Å². The summed E-state index contributed by atoms with van der Waals surface area (Å²) in [6.45, 7) is 1.63. The first-order valence-electron chi connectivity index (χ1n) is 5.75. The van der Waals surface area contributed by atoms with E-state index in [0.717, 1.165) is 0 Å². The normalized spacial score (nSPS) is 11.4. The monoisotopic (exact) mass is 408 g/mol. The topological polar surface area (TPSA) is 72.2 Å². The number of nitrogens with two attached hydrogens (primary N) is 1. The van der Waals surface area contributed by atoms with E-state index in [9.17, 15) is 8.42 Å². The third-order valence-corrected chi connectivity index (χ3v) is 5.62. The molecule has 21 heavy (non-hydrogen) atoms. The number of rotatable bonds is 3. The molecule has 4 nitrogen and oxygen atoms in total. The number of sulfonamides is 1. The predicted octanol–water partition coefficient (Wildman–Crippen LogP) is 4.45. The highest BCUT2D eigenvalue weighted by atomic mass is 79.9. The minimum atomic E-state index is -3.83. The van der Waals surface area contributed by atoms with Crippen LogP contribution >= 0.6 is 39.1 Å². The Labute approximate surface area is 141 Å². The fraction of sp³-hybridized carbons (Fsp3) is 0.0769. The van der Waals surface area contributed by atoms with Gasteiger partial charge >= 0.3 is 0 Å². The zero-order valence-corrected chi connectivity index (χ0v) is 14.7. The van der Waals surface area contributed by atoms with Gasteiger partial charge in [-0.1, -0.05) is 45.2 Å². The van der Waals surface area contributed by atoms with Crippen LogP contribution < -0.4 is 10.5 Å². The molecule has 112 valence electrons. The first-order valence-corrected chi connectivity index (χ1v) is 8.78. The molecule has 0 amide bonds. The first-order chi connectivity index (χ1) is 9.72. The molecule has 2 aromatic carbocycles. The van der Waals surface area contributed by atoms with E-state index in [1.807, 2.05) is 0 Å². The van der Waals surface area contributed by atoms with Gasteiger partial charge in [-0.2, -0.15) is 0 Å². The molecule has 0 aliphatic carbocycles. The lowest BCUT2D eigenvalue weighted by atomic mass is 10.2. The number of nitrogens with one attached hydrogen (secondary N) is 1. The minimum absolute atomic E-state index is 0.0745. The molecule has 0 aliphatic rings. The predicted molar refractivity (Wildman–Crippen MR) is 90.6 cm³/mol. The van der Waals surface area contributed by atoms with E-state index in [4.69, 9.17) is 28.9 Å². The van der Waals surface area contributed by atoms with Crippen LogP contribution in [-0.4, -0.2) is 8.42 Å². The molecule has 0 fully saturated rings. The van der Waals surface area contributed by atoms with Crippen molar-refractivity contribution in [3.05, 3.63) is 50.4 Å². The maximum absolute atomic E-state index is 12.5. The van der Waals surface area contributed by atoms with Crippen molar-refractivity contribution in [2.45, 2.75) is 11.8 Å². The van der Waals surface area contributed by atoms with Crippen molar-refractivity contribution in [1.82, 2.24) is 0 Å². The standard InChI is InChI=1S/C13H11BrCl2N2O2S/c1-7-10(17)5-8(14)6-12(7)21(19,20)18-11-4-2-3-9(15)13(11)16/h2-6,18H,17H2,1H3. The molecule has 0 unspecified atom stereocenters. The van der Waals surface area contributed by atoms with E-state index in [-0.39, 0.29) is 20.6 Å². The van der Waals surface area contributed by atoms with Gasteiger partial charge in [-0.25, -0.2) is 8.42 Å². The largest absolute Gasteiger partial charge is 0.398 e. The number of nitrogen functional groups attached to an aromatic ring is 1. The Balaban J connectivity index is 2.51. The van der Waals surface area contributed by atoms with Gasteiger partial charge in [0.25, 0.3) is 10.0 Å². The number of hydrogen-bond donors (Lipinski definition) is 2. The Kier molecular flexibility index (Phi) is 4.72. The van der Waals surface area contributed by atoms with Gasteiger partial charge in [0.1, 0.15) is 0 Å². The first kappa shape index (κ1) is 16.4. The van der Waals surface area contributed by atoms with Crippen molar-refractivity contribution in [3.63, 3.8) is 0 Å². The van der Waals surface area contributed by atoms with Gasteiger partial charge in [0, 0.05) is 10.2 Å². The molecule has 0 saturated heterocycles. The second kappa shape index (κ2) is 6.04. The maximum Gasteiger partial charge on any atom is 0.262 e. The number of halogens is 3. The van der Waals surface area contributed by atoms with Gasteiger partial charge in [-0.15, -0.1) is 0 Å². The summed E-state index contributed by atoms with van der Waals surface area (Å²) in [6.07, 6.45) is 0. The van der Waals surface area contributed by atoms with E-state index >= 15 is 0 Å². The highest BCUT2D eigenvalue weighted by Crippen LogP contribution is 2.33. The summed E-state index contributed by atoms with van der Waals surface area (Å²) in [7, 11) is -3.83. The lowest BCUT2D eigenvalue weighted by Crippen LogP contribution is -2.15. The van der Waals surface area contributed by atoms with Crippen molar-refractivity contribution in [2.75, 3.05) is 10.5 Å². The van der Waals surface area contributed by atoms with Crippen LogP contribution in [0.5, 0.6) is 0 Å². The second-order valence-electron chi connectivity index (χ2n) is 4.33. The Hall–Kier alpha value is -0.950. The lowest BCUT2D eigenvalue weighted by Gasteiger charge is -2.13. The molecule has 3 N–H and O–H groups in total. The van der Waals surface area contributed by atoms with Gasteiger partial charge in [0.2, 0.25) is 0 Å². The molecule has 0 bridgehead atoms. The van der Waals surface area contributed by atoms with Crippen LogP contribution in [0.25, 0.3) is 0 Å². The van der Waals surface area contributed by atoms with Crippen LogP contribution in [0.1, 0.15) is 5.56 Å². The third kappa shape index (κ3) is 3.45. The number of anilines is 2. The Bertz CT molecular complexity index is 810. The van der Waals surface area contributed by atoms with Gasteiger partial charge in [0.05, 0.1) is 20.6 Å². The Morgan fingerprint density at radius 3 is 2.57 bits per heavy atom. The molecular formula is C13H11BrCl2N2O2S. The van der Waals surface area contributed by atoms with E-state index in [2.05, 4.69) is 20.7 Å². The van der Waals surface area contributed by atoms with Crippen molar-refractivity contribution in [1.29, 1.82) is 0 Å². The Morgan fingerprint density at radius 1 is 1.24 bits per heavy atom. The summed E-state index contributed by atoms with van der Waals surface area (Å²) >= 11 is 15.1. The van der Waals surface area contributed by atoms with Crippen molar-refractivity contribution < 1.29 is 8.42 Å². The van der Waals surface area contributed by atoms with Crippen molar-refractivity contribution in [2.24, 2.45) is 0 Å². The third-order valence-electron chi connectivity index (χ3n) is 2.85. The van der Waals surface area contributed by atoms with Crippen LogP contribution in [0.15, 0.2) is 39.7 Å². The van der Waals surface area contributed by atoms with Gasteiger partial charge < -0.3 is 5.73 Å². The zero-order chi connectivity index (χ0) is 15.8. The summed E-state index contributed by atoms with van der Waals surface area (Å²) in [5, 5.41) is 0.408. The summed E-state index contributed by atoms with van der Waals surface area (Å²) < 4.78 is 28.0. The van der Waals surface area contributed by atoms with Gasteiger partial charge in [-0.05, 0) is 36.8 Å². The van der Waals surface area contributed by atoms with Crippen LogP contribution in [0.2, 0.25) is 10.0 Å². The van der Waals surface area contributed by atoms with E-state index in [0.29, 0.717) is 15.7 Å². The van der Waals surface area contributed by atoms with Crippen LogP contribution in [0, 0.1) is 6.92 Å². The van der Waals surface area contributed by atoms with E-state index in [1.54, 1.807) is 25.1 Å². The average molecular weight is 410 g/mol. The van der Waals surface area contributed by atoms with Gasteiger partial charge in [0.15, 0.2) is 0 Å². The van der Waals surface area contributed by atoms with Crippen molar-refractivity contribution in [3.8, 4) is 0 Å². The molecule has 2 aromatic rings. The van der Waals surface area contributed by atoms with Crippen LogP contribution in [0.4, 0.5) is 11.4 Å². The van der Waals surface area contributed by atoms with E-state index in [1.165, 1.54) is 12.1 Å².